The summed E-state index contributed by atoms with van der Waals surface area (Å²) in [4.78, 5) is 17.1. The lowest BCUT2D eigenvalue weighted by molar-refractivity contribution is -0.384. The van der Waals surface area contributed by atoms with Gasteiger partial charge in [-0.1, -0.05) is 6.42 Å². The maximum absolute atomic E-state index is 10.8. The number of benzene rings is 1. The summed E-state index contributed by atoms with van der Waals surface area (Å²) in [6.07, 6.45) is 5.52. The molecule has 6 nitrogen and oxygen atoms in total. The van der Waals surface area contributed by atoms with Crippen molar-refractivity contribution in [3.63, 3.8) is 0 Å². The normalized spacial score (nSPS) is 16.8. The summed E-state index contributed by atoms with van der Waals surface area (Å²) in [5.74, 6) is 0. The third kappa shape index (κ3) is 2.44. The lowest BCUT2D eigenvalue weighted by Crippen LogP contribution is -2.31. The molecule has 1 fully saturated rings. The van der Waals surface area contributed by atoms with Gasteiger partial charge in [0.2, 0.25) is 0 Å². The average Bonchev–Trinajstić information content (AvgIpc) is 2.82. The molecule has 100 valence electrons. The molecule has 19 heavy (non-hydrogen) atoms. The summed E-state index contributed by atoms with van der Waals surface area (Å²) in [5, 5.41) is 10.8. The van der Waals surface area contributed by atoms with E-state index in [0.29, 0.717) is 0 Å². The fourth-order valence-corrected chi connectivity index (χ4v) is 2.59. The molecule has 0 unspecified atom stereocenters. The summed E-state index contributed by atoms with van der Waals surface area (Å²) in [5.41, 5.74) is 1.76. The van der Waals surface area contributed by atoms with Gasteiger partial charge in [0.1, 0.15) is 0 Å². The Morgan fingerprint density at radius 3 is 2.79 bits per heavy atom. The Balaban J connectivity index is 1.89. The molecule has 1 aliphatic rings. The summed E-state index contributed by atoms with van der Waals surface area (Å²) in [6.45, 7) is 2.95. The van der Waals surface area contributed by atoms with Crippen LogP contribution in [0.25, 0.3) is 11.0 Å². The van der Waals surface area contributed by atoms with Gasteiger partial charge in [0, 0.05) is 12.1 Å². The van der Waals surface area contributed by atoms with Gasteiger partial charge in [-0.25, -0.2) is 4.98 Å². The van der Waals surface area contributed by atoms with Crippen molar-refractivity contribution in [3.8, 4) is 0 Å². The van der Waals surface area contributed by atoms with Crippen molar-refractivity contribution in [1.29, 1.82) is 0 Å². The molecular formula is C13H16N4O2. The number of rotatable bonds is 3. The first-order chi connectivity index (χ1) is 9.24. The van der Waals surface area contributed by atoms with Crippen LogP contribution in [0.3, 0.4) is 0 Å². The van der Waals surface area contributed by atoms with Crippen LogP contribution in [0.15, 0.2) is 24.5 Å². The highest BCUT2D eigenvalue weighted by Gasteiger charge is 2.14. The minimum absolute atomic E-state index is 0.118. The van der Waals surface area contributed by atoms with E-state index < -0.39 is 0 Å². The van der Waals surface area contributed by atoms with Gasteiger partial charge in [0.05, 0.1) is 29.0 Å². The van der Waals surface area contributed by atoms with E-state index in [1.165, 1.54) is 25.3 Å². The van der Waals surface area contributed by atoms with Gasteiger partial charge in [0.25, 0.3) is 5.69 Å². The minimum atomic E-state index is -0.363. The highest BCUT2D eigenvalue weighted by atomic mass is 16.6. The first-order valence-corrected chi connectivity index (χ1v) is 6.56. The van der Waals surface area contributed by atoms with Crippen LogP contribution in [0, 0.1) is 10.1 Å². The van der Waals surface area contributed by atoms with E-state index in [9.17, 15) is 10.1 Å². The van der Waals surface area contributed by atoms with E-state index in [-0.39, 0.29) is 10.6 Å². The zero-order valence-corrected chi connectivity index (χ0v) is 10.7. The Hall–Kier alpha value is -1.95. The van der Waals surface area contributed by atoms with E-state index in [1.54, 1.807) is 18.5 Å². The highest BCUT2D eigenvalue weighted by molar-refractivity contribution is 5.77. The third-order valence-corrected chi connectivity index (χ3v) is 3.62. The van der Waals surface area contributed by atoms with Crippen molar-refractivity contribution < 1.29 is 4.92 Å². The SMILES string of the molecule is O=[N+]([O-])c1ccc2ncn(CN3CCCCC3)c2c1. The molecule has 0 amide bonds. The smallest absolute Gasteiger partial charge is 0.271 e. The molecule has 0 aliphatic carbocycles. The van der Waals surface area contributed by atoms with Crippen molar-refractivity contribution in [2.24, 2.45) is 0 Å². The second kappa shape index (κ2) is 4.97. The van der Waals surface area contributed by atoms with Crippen LogP contribution in [-0.2, 0) is 6.67 Å². The van der Waals surface area contributed by atoms with Crippen LogP contribution in [0.5, 0.6) is 0 Å². The van der Waals surface area contributed by atoms with E-state index >= 15 is 0 Å². The second-order valence-corrected chi connectivity index (χ2v) is 4.96. The Kier molecular flexibility index (Phi) is 3.16. The van der Waals surface area contributed by atoms with Crippen molar-refractivity contribution in [2.45, 2.75) is 25.9 Å². The summed E-state index contributed by atoms with van der Waals surface area (Å²) in [6, 6.07) is 4.81. The molecule has 0 atom stereocenters. The molecule has 1 aromatic carbocycles. The van der Waals surface area contributed by atoms with Gasteiger partial charge in [-0.2, -0.15) is 0 Å². The maximum Gasteiger partial charge on any atom is 0.271 e. The first-order valence-electron chi connectivity index (χ1n) is 6.56. The Bertz CT molecular complexity index is 602. The molecule has 2 heterocycles. The van der Waals surface area contributed by atoms with Crippen LogP contribution in [-0.4, -0.2) is 32.5 Å². The largest absolute Gasteiger partial charge is 0.317 e. The predicted octanol–water partition coefficient (Wildman–Crippen LogP) is 2.39. The third-order valence-electron chi connectivity index (χ3n) is 3.62. The monoisotopic (exact) mass is 260 g/mol. The van der Waals surface area contributed by atoms with Crippen LogP contribution >= 0.6 is 0 Å². The van der Waals surface area contributed by atoms with Crippen LogP contribution < -0.4 is 0 Å². The standard InChI is InChI=1S/C13H16N4O2/c18-17(19)11-4-5-12-13(8-11)16(9-14-12)10-15-6-2-1-3-7-15/h4-5,8-9H,1-3,6-7,10H2. The van der Waals surface area contributed by atoms with E-state index in [0.717, 1.165) is 30.8 Å². The fourth-order valence-electron chi connectivity index (χ4n) is 2.59. The van der Waals surface area contributed by atoms with Gasteiger partial charge in [-0.15, -0.1) is 0 Å². The zero-order valence-electron chi connectivity index (χ0n) is 10.7. The Morgan fingerprint density at radius 2 is 2.05 bits per heavy atom. The summed E-state index contributed by atoms with van der Waals surface area (Å²) in [7, 11) is 0. The molecule has 1 saturated heterocycles. The number of non-ortho nitro benzene ring substituents is 1. The lowest BCUT2D eigenvalue weighted by atomic mass is 10.1. The van der Waals surface area contributed by atoms with Crippen molar-refractivity contribution in [3.05, 3.63) is 34.6 Å². The number of piperidine rings is 1. The van der Waals surface area contributed by atoms with Crippen molar-refractivity contribution >= 4 is 16.7 Å². The fraction of sp³-hybridized carbons (Fsp3) is 0.462. The number of imidazole rings is 1. The van der Waals surface area contributed by atoms with Gasteiger partial charge < -0.3 is 4.57 Å². The first kappa shape index (κ1) is 12.1. The van der Waals surface area contributed by atoms with E-state index in [2.05, 4.69) is 9.88 Å². The van der Waals surface area contributed by atoms with Crippen LogP contribution in [0.4, 0.5) is 5.69 Å². The van der Waals surface area contributed by atoms with Gasteiger partial charge >= 0.3 is 0 Å². The average molecular weight is 260 g/mol. The zero-order chi connectivity index (χ0) is 13.2. The molecule has 0 saturated carbocycles. The molecule has 1 aliphatic heterocycles. The molecule has 1 aromatic heterocycles. The van der Waals surface area contributed by atoms with Gasteiger partial charge in [0.15, 0.2) is 0 Å². The van der Waals surface area contributed by atoms with E-state index in [1.807, 2.05) is 4.57 Å². The number of hydrogen-bond acceptors (Lipinski definition) is 4. The topological polar surface area (TPSA) is 64.2 Å². The molecule has 0 radical (unpaired) electrons. The maximum atomic E-state index is 10.8. The highest BCUT2D eigenvalue weighted by Crippen LogP contribution is 2.21. The number of aromatic nitrogens is 2. The van der Waals surface area contributed by atoms with Crippen LogP contribution in [0.1, 0.15) is 19.3 Å². The predicted molar refractivity (Wildman–Crippen MR) is 71.8 cm³/mol. The van der Waals surface area contributed by atoms with Gasteiger partial charge in [-0.05, 0) is 32.0 Å². The van der Waals surface area contributed by atoms with Crippen molar-refractivity contribution in [2.75, 3.05) is 13.1 Å². The quantitative estimate of drug-likeness (QED) is 0.628. The number of nitro groups is 1. The van der Waals surface area contributed by atoms with Crippen LogP contribution in [0.2, 0.25) is 0 Å². The van der Waals surface area contributed by atoms with Crippen molar-refractivity contribution in [1.82, 2.24) is 14.5 Å². The number of nitrogens with zero attached hydrogens (tertiary/aromatic N) is 4. The summed E-state index contributed by atoms with van der Waals surface area (Å²) < 4.78 is 1.99. The second-order valence-electron chi connectivity index (χ2n) is 4.96. The Labute approximate surface area is 110 Å². The Morgan fingerprint density at radius 1 is 1.26 bits per heavy atom. The molecule has 3 rings (SSSR count). The van der Waals surface area contributed by atoms with E-state index in [4.69, 9.17) is 0 Å². The molecular weight excluding hydrogens is 244 g/mol. The van der Waals surface area contributed by atoms with Gasteiger partial charge in [-0.3, -0.25) is 15.0 Å². The lowest BCUT2D eigenvalue weighted by Gasteiger charge is -2.26. The summed E-state index contributed by atoms with van der Waals surface area (Å²) >= 11 is 0. The molecule has 6 heteroatoms. The number of likely N-dealkylation sites (tertiary alicyclic amines) is 1. The minimum Gasteiger partial charge on any atom is -0.317 e. The number of nitro benzene ring substituents is 1. The number of hydrogen-bond donors (Lipinski definition) is 0. The molecule has 2 aromatic rings. The molecule has 0 spiro atoms. The molecule has 0 bridgehead atoms. The number of fused-ring (bicyclic) bond motifs is 1. The molecule has 0 N–H and O–H groups in total.